The highest BCUT2D eigenvalue weighted by Crippen LogP contribution is 2.21. The second kappa shape index (κ2) is 3.38. The SMILES string of the molecule is NCCc1c[nH]c2cc(F)c(F)cc12. The van der Waals surface area contributed by atoms with Crippen LogP contribution in [0.1, 0.15) is 5.56 Å². The van der Waals surface area contributed by atoms with Crippen LogP contribution in [0.5, 0.6) is 0 Å². The van der Waals surface area contributed by atoms with E-state index >= 15 is 0 Å². The summed E-state index contributed by atoms with van der Waals surface area (Å²) in [5.74, 6) is -1.66. The molecule has 0 atom stereocenters. The molecule has 0 aliphatic carbocycles. The summed E-state index contributed by atoms with van der Waals surface area (Å²) in [6, 6.07) is 2.36. The van der Waals surface area contributed by atoms with Crippen LogP contribution in [0.4, 0.5) is 8.78 Å². The van der Waals surface area contributed by atoms with Crippen molar-refractivity contribution in [2.45, 2.75) is 6.42 Å². The number of rotatable bonds is 2. The van der Waals surface area contributed by atoms with Crippen molar-refractivity contribution in [2.75, 3.05) is 6.54 Å². The predicted molar refractivity (Wildman–Crippen MR) is 51.0 cm³/mol. The second-order valence-corrected chi connectivity index (χ2v) is 3.16. The highest BCUT2D eigenvalue weighted by Gasteiger charge is 2.08. The maximum Gasteiger partial charge on any atom is 0.160 e. The molecule has 14 heavy (non-hydrogen) atoms. The standard InChI is InChI=1S/C10H10F2N2/c11-8-3-7-6(1-2-13)5-14-10(7)4-9(8)12/h3-5,14H,1-2,13H2. The van der Waals surface area contributed by atoms with E-state index in [-0.39, 0.29) is 0 Å². The molecular weight excluding hydrogens is 186 g/mol. The number of fused-ring (bicyclic) bond motifs is 1. The molecule has 74 valence electrons. The molecule has 3 N–H and O–H groups in total. The minimum absolute atomic E-state index is 0.492. The van der Waals surface area contributed by atoms with E-state index in [4.69, 9.17) is 5.73 Å². The minimum Gasteiger partial charge on any atom is -0.361 e. The number of aromatic nitrogens is 1. The van der Waals surface area contributed by atoms with Gasteiger partial charge in [-0.15, -0.1) is 0 Å². The van der Waals surface area contributed by atoms with Crippen molar-refractivity contribution in [3.8, 4) is 0 Å². The molecule has 0 aliphatic rings. The molecule has 0 saturated heterocycles. The van der Waals surface area contributed by atoms with Gasteiger partial charge in [-0.1, -0.05) is 0 Å². The summed E-state index contributed by atoms with van der Waals surface area (Å²) in [6.45, 7) is 0.492. The van der Waals surface area contributed by atoms with Gasteiger partial charge in [-0.05, 0) is 24.6 Å². The Morgan fingerprint density at radius 3 is 2.64 bits per heavy atom. The van der Waals surface area contributed by atoms with E-state index in [0.29, 0.717) is 23.9 Å². The quantitative estimate of drug-likeness (QED) is 0.757. The molecule has 0 amide bonds. The first-order chi connectivity index (χ1) is 6.72. The lowest BCUT2D eigenvalue weighted by molar-refractivity contribution is 0.511. The van der Waals surface area contributed by atoms with Gasteiger partial charge in [-0.3, -0.25) is 0 Å². The summed E-state index contributed by atoms with van der Waals surface area (Å²) in [7, 11) is 0. The average molecular weight is 196 g/mol. The van der Waals surface area contributed by atoms with Crippen molar-refractivity contribution in [1.29, 1.82) is 0 Å². The molecule has 1 aromatic carbocycles. The van der Waals surface area contributed by atoms with Crippen molar-refractivity contribution in [3.05, 3.63) is 35.5 Å². The Bertz CT molecular complexity index is 462. The lowest BCUT2D eigenvalue weighted by Crippen LogP contribution is -2.01. The Kier molecular flexibility index (Phi) is 2.21. The topological polar surface area (TPSA) is 41.8 Å². The molecule has 2 rings (SSSR count). The molecule has 2 nitrogen and oxygen atoms in total. The van der Waals surface area contributed by atoms with E-state index in [1.54, 1.807) is 6.20 Å². The van der Waals surface area contributed by atoms with Gasteiger partial charge in [0, 0.05) is 23.2 Å². The lowest BCUT2D eigenvalue weighted by Gasteiger charge is -1.97. The highest BCUT2D eigenvalue weighted by molar-refractivity contribution is 5.83. The summed E-state index contributed by atoms with van der Waals surface area (Å²) < 4.78 is 25.8. The average Bonchev–Trinajstić information content (AvgIpc) is 2.51. The van der Waals surface area contributed by atoms with Crippen LogP contribution in [0.3, 0.4) is 0 Å². The minimum atomic E-state index is -0.835. The molecule has 1 aromatic heterocycles. The number of nitrogens with two attached hydrogens (primary N) is 1. The predicted octanol–water partition coefficient (Wildman–Crippen LogP) is 1.95. The third-order valence-electron chi connectivity index (χ3n) is 2.22. The zero-order valence-electron chi connectivity index (χ0n) is 7.48. The van der Waals surface area contributed by atoms with Crippen molar-refractivity contribution in [1.82, 2.24) is 4.98 Å². The highest BCUT2D eigenvalue weighted by atomic mass is 19.2. The van der Waals surface area contributed by atoms with Gasteiger partial charge in [0.25, 0.3) is 0 Å². The number of halogens is 2. The molecular formula is C10H10F2N2. The van der Waals surface area contributed by atoms with Gasteiger partial charge < -0.3 is 10.7 Å². The summed E-state index contributed by atoms with van der Waals surface area (Å²) in [5.41, 5.74) is 6.92. The second-order valence-electron chi connectivity index (χ2n) is 3.16. The van der Waals surface area contributed by atoms with E-state index in [2.05, 4.69) is 4.98 Å². The molecule has 0 unspecified atom stereocenters. The fourth-order valence-corrected chi connectivity index (χ4v) is 1.54. The first-order valence-corrected chi connectivity index (χ1v) is 4.37. The zero-order valence-corrected chi connectivity index (χ0v) is 7.48. The smallest absolute Gasteiger partial charge is 0.160 e. The summed E-state index contributed by atoms with van der Waals surface area (Å²) >= 11 is 0. The number of hydrogen-bond acceptors (Lipinski definition) is 1. The molecule has 4 heteroatoms. The third kappa shape index (κ3) is 1.37. The molecule has 0 spiro atoms. The van der Waals surface area contributed by atoms with Crippen LogP contribution in [0.2, 0.25) is 0 Å². The monoisotopic (exact) mass is 196 g/mol. The number of benzene rings is 1. The lowest BCUT2D eigenvalue weighted by atomic mass is 10.1. The van der Waals surface area contributed by atoms with Gasteiger partial charge in [-0.2, -0.15) is 0 Å². The number of aromatic amines is 1. The Labute approximate surface area is 79.7 Å². The van der Waals surface area contributed by atoms with Crippen molar-refractivity contribution >= 4 is 10.9 Å². The van der Waals surface area contributed by atoms with Crippen LogP contribution in [-0.4, -0.2) is 11.5 Å². The summed E-state index contributed by atoms with van der Waals surface area (Å²) in [4.78, 5) is 2.88. The molecule has 0 saturated carbocycles. The van der Waals surface area contributed by atoms with Crippen LogP contribution in [0.15, 0.2) is 18.3 Å². The van der Waals surface area contributed by atoms with Gasteiger partial charge in [0.15, 0.2) is 11.6 Å². The fraction of sp³-hybridized carbons (Fsp3) is 0.200. The Balaban J connectivity index is 2.61. The summed E-state index contributed by atoms with van der Waals surface area (Å²) in [5, 5.41) is 0.703. The Hall–Kier alpha value is -1.42. The number of hydrogen-bond donors (Lipinski definition) is 2. The largest absolute Gasteiger partial charge is 0.361 e. The molecule has 0 bridgehead atoms. The van der Waals surface area contributed by atoms with Crippen LogP contribution in [-0.2, 0) is 6.42 Å². The van der Waals surface area contributed by atoms with E-state index < -0.39 is 11.6 Å². The van der Waals surface area contributed by atoms with Gasteiger partial charge in [0.1, 0.15) is 0 Å². The van der Waals surface area contributed by atoms with Gasteiger partial charge >= 0.3 is 0 Å². The third-order valence-corrected chi connectivity index (χ3v) is 2.22. The van der Waals surface area contributed by atoms with Crippen LogP contribution in [0, 0.1) is 11.6 Å². The first kappa shape index (κ1) is 9.15. The van der Waals surface area contributed by atoms with Crippen LogP contribution < -0.4 is 5.73 Å². The number of nitrogens with one attached hydrogen (secondary N) is 1. The normalized spacial score (nSPS) is 11.1. The Morgan fingerprint density at radius 1 is 1.21 bits per heavy atom. The number of H-pyrrole nitrogens is 1. The van der Waals surface area contributed by atoms with Gasteiger partial charge in [0.2, 0.25) is 0 Å². The van der Waals surface area contributed by atoms with E-state index in [0.717, 1.165) is 11.6 Å². The van der Waals surface area contributed by atoms with Crippen molar-refractivity contribution < 1.29 is 8.78 Å². The van der Waals surface area contributed by atoms with Crippen molar-refractivity contribution in [3.63, 3.8) is 0 Å². The molecule has 1 heterocycles. The van der Waals surface area contributed by atoms with Crippen LogP contribution in [0.25, 0.3) is 10.9 Å². The Morgan fingerprint density at radius 2 is 1.93 bits per heavy atom. The van der Waals surface area contributed by atoms with E-state index in [1.165, 1.54) is 6.07 Å². The van der Waals surface area contributed by atoms with E-state index in [9.17, 15) is 8.78 Å². The molecule has 2 aromatic rings. The maximum absolute atomic E-state index is 12.9. The van der Waals surface area contributed by atoms with E-state index in [1.807, 2.05) is 0 Å². The maximum atomic E-state index is 12.9. The fourth-order valence-electron chi connectivity index (χ4n) is 1.54. The summed E-state index contributed by atoms with van der Waals surface area (Å²) in [6.07, 6.45) is 2.39. The van der Waals surface area contributed by atoms with Gasteiger partial charge in [0.05, 0.1) is 0 Å². The molecule has 0 aliphatic heterocycles. The molecule has 0 fully saturated rings. The molecule has 0 radical (unpaired) electrons. The van der Waals surface area contributed by atoms with Crippen molar-refractivity contribution in [2.24, 2.45) is 5.73 Å². The van der Waals surface area contributed by atoms with Gasteiger partial charge in [-0.25, -0.2) is 8.78 Å². The van der Waals surface area contributed by atoms with Crippen LogP contribution >= 0.6 is 0 Å². The zero-order chi connectivity index (χ0) is 10.1. The first-order valence-electron chi connectivity index (χ1n) is 4.37.